The molecule has 0 aliphatic carbocycles. The number of amides is 1. The Labute approximate surface area is 331 Å². The number of aliphatic hydroxyl groups excluding tert-OH is 1. The summed E-state index contributed by atoms with van der Waals surface area (Å²) in [6, 6.07) is 40.2. The number of esters is 2. The number of carbonyl (C=O) groups excluding carboxylic acids is 3. The third-order valence-corrected chi connectivity index (χ3v) is 9.56. The molecule has 1 aliphatic heterocycles. The quantitative estimate of drug-likeness (QED) is 0.0723. The highest BCUT2D eigenvalue weighted by molar-refractivity contribution is 5.90. The van der Waals surface area contributed by atoms with E-state index in [0.29, 0.717) is 11.5 Å². The Bertz CT molecular complexity index is 2000. The molecule has 0 bridgehead atoms. The maximum Gasteiger partial charge on any atom is 0.338 e. The van der Waals surface area contributed by atoms with E-state index >= 15 is 0 Å². The second-order valence-electron chi connectivity index (χ2n) is 13.1. The number of carbonyl (C=O) groups is 3. The molecule has 12 heteroatoms. The Morgan fingerprint density at radius 1 is 0.632 bits per heavy atom. The second-order valence-corrected chi connectivity index (χ2v) is 13.1. The van der Waals surface area contributed by atoms with Crippen molar-refractivity contribution in [3.05, 3.63) is 167 Å². The van der Waals surface area contributed by atoms with Crippen molar-refractivity contribution in [3.63, 3.8) is 0 Å². The molecular formula is C45H45NO11. The van der Waals surface area contributed by atoms with E-state index < -0.39 is 60.7 Å². The van der Waals surface area contributed by atoms with Gasteiger partial charge in [-0.25, -0.2) is 9.59 Å². The third-order valence-electron chi connectivity index (χ3n) is 9.56. The number of aliphatic hydroxyl groups is 1. The van der Waals surface area contributed by atoms with Crippen LogP contribution in [-0.4, -0.2) is 87.6 Å². The number of ether oxygens (including phenoxy) is 7. The standard InChI is InChI=1S/C45H45NO11/c1-30(48)46-39-41(57-43(50)32-15-9-5-10-16-32)40(56-42(49)31-13-7-4-8-14-31)38(29-47)55-44(39)53-27-28-54-45(33-17-11-6-12-18-33,34-19-23-36(51-2)24-20-34)35-21-25-37(52-3)26-22-35/h4-26,38-41,44,47H,27-29H2,1-3H3,(H,46,48). The molecule has 1 fully saturated rings. The molecule has 57 heavy (non-hydrogen) atoms. The largest absolute Gasteiger partial charge is 0.497 e. The number of hydrogen-bond donors (Lipinski definition) is 2. The number of methoxy groups -OCH3 is 2. The van der Waals surface area contributed by atoms with Crippen molar-refractivity contribution in [2.24, 2.45) is 0 Å². The molecule has 1 heterocycles. The van der Waals surface area contributed by atoms with Gasteiger partial charge in [-0.05, 0) is 65.2 Å². The highest BCUT2D eigenvalue weighted by Crippen LogP contribution is 2.42. The van der Waals surface area contributed by atoms with Crippen molar-refractivity contribution in [1.29, 1.82) is 0 Å². The van der Waals surface area contributed by atoms with Crippen LogP contribution in [0.4, 0.5) is 0 Å². The summed E-state index contributed by atoms with van der Waals surface area (Å²) < 4.78 is 42.3. The summed E-state index contributed by atoms with van der Waals surface area (Å²) >= 11 is 0. The monoisotopic (exact) mass is 775 g/mol. The normalized spacial score (nSPS) is 19.2. The zero-order valence-electron chi connectivity index (χ0n) is 31.8. The summed E-state index contributed by atoms with van der Waals surface area (Å²) in [4.78, 5) is 39.6. The minimum absolute atomic E-state index is 0.00964. The van der Waals surface area contributed by atoms with Crippen LogP contribution >= 0.6 is 0 Å². The molecule has 5 atom stereocenters. The van der Waals surface area contributed by atoms with Gasteiger partial charge in [-0.3, -0.25) is 4.79 Å². The second kappa shape index (κ2) is 19.2. The zero-order valence-corrected chi connectivity index (χ0v) is 31.8. The predicted octanol–water partition coefficient (Wildman–Crippen LogP) is 5.70. The van der Waals surface area contributed by atoms with E-state index in [1.54, 1.807) is 74.9 Å². The molecule has 5 unspecified atom stereocenters. The molecule has 0 saturated carbocycles. The molecule has 5 aromatic rings. The van der Waals surface area contributed by atoms with Crippen LogP contribution in [0.5, 0.6) is 11.5 Å². The number of nitrogens with one attached hydrogen (secondary N) is 1. The van der Waals surface area contributed by atoms with Crippen molar-refractivity contribution >= 4 is 17.8 Å². The van der Waals surface area contributed by atoms with Gasteiger partial charge in [-0.2, -0.15) is 0 Å². The first-order valence-corrected chi connectivity index (χ1v) is 18.4. The molecule has 1 aliphatic rings. The van der Waals surface area contributed by atoms with Gasteiger partial charge in [0.25, 0.3) is 0 Å². The number of benzene rings is 5. The Morgan fingerprint density at radius 2 is 1.09 bits per heavy atom. The van der Waals surface area contributed by atoms with Crippen molar-refractivity contribution in [1.82, 2.24) is 5.32 Å². The van der Waals surface area contributed by atoms with E-state index in [-0.39, 0.29) is 24.3 Å². The average Bonchev–Trinajstić information content (AvgIpc) is 3.26. The van der Waals surface area contributed by atoms with Crippen molar-refractivity contribution < 1.29 is 52.6 Å². The first kappa shape index (κ1) is 40.6. The van der Waals surface area contributed by atoms with Crippen molar-refractivity contribution in [3.8, 4) is 11.5 Å². The summed E-state index contributed by atoms with van der Waals surface area (Å²) in [6.07, 6.45) is -5.21. The fourth-order valence-electron chi connectivity index (χ4n) is 6.83. The minimum Gasteiger partial charge on any atom is -0.497 e. The van der Waals surface area contributed by atoms with Gasteiger partial charge in [0.15, 0.2) is 18.5 Å². The molecule has 1 amide bonds. The van der Waals surface area contributed by atoms with Crippen LogP contribution in [0, 0.1) is 0 Å². The molecule has 6 rings (SSSR count). The molecule has 0 spiro atoms. The lowest BCUT2D eigenvalue weighted by molar-refractivity contribution is -0.272. The van der Waals surface area contributed by atoms with E-state index in [1.165, 1.54) is 6.92 Å². The summed E-state index contributed by atoms with van der Waals surface area (Å²) in [5.74, 6) is -0.639. The summed E-state index contributed by atoms with van der Waals surface area (Å²) in [5, 5.41) is 13.4. The van der Waals surface area contributed by atoms with E-state index in [1.807, 2.05) is 78.9 Å². The summed E-state index contributed by atoms with van der Waals surface area (Å²) in [5.41, 5.74) is 1.75. The van der Waals surface area contributed by atoms with Crippen LogP contribution in [0.15, 0.2) is 140 Å². The van der Waals surface area contributed by atoms with Gasteiger partial charge in [-0.1, -0.05) is 91.0 Å². The molecule has 0 aromatic heterocycles. The van der Waals surface area contributed by atoms with Gasteiger partial charge in [-0.15, -0.1) is 0 Å². The molecule has 296 valence electrons. The Hall–Kier alpha value is -6.05. The lowest BCUT2D eigenvalue weighted by Crippen LogP contribution is -2.66. The smallest absolute Gasteiger partial charge is 0.338 e. The Morgan fingerprint density at radius 3 is 1.54 bits per heavy atom. The van der Waals surface area contributed by atoms with Crippen molar-refractivity contribution in [2.75, 3.05) is 34.0 Å². The van der Waals surface area contributed by atoms with Gasteiger partial charge in [0.2, 0.25) is 5.91 Å². The first-order valence-electron chi connectivity index (χ1n) is 18.4. The topological polar surface area (TPSA) is 148 Å². The summed E-state index contributed by atoms with van der Waals surface area (Å²) in [7, 11) is 3.20. The van der Waals surface area contributed by atoms with Gasteiger partial charge >= 0.3 is 11.9 Å². The van der Waals surface area contributed by atoms with Crippen molar-refractivity contribution in [2.45, 2.75) is 43.2 Å². The average molecular weight is 776 g/mol. The molecular weight excluding hydrogens is 730 g/mol. The van der Waals surface area contributed by atoms with E-state index in [2.05, 4.69) is 5.32 Å². The third kappa shape index (κ3) is 9.50. The highest BCUT2D eigenvalue weighted by Gasteiger charge is 2.51. The molecule has 0 radical (unpaired) electrons. The zero-order chi connectivity index (χ0) is 40.2. The van der Waals surface area contributed by atoms with Gasteiger partial charge in [0.1, 0.15) is 29.2 Å². The maximum atomic E-state index is 13.5. The molecule has 2 N–H and O–H groups in total. The number of rotatable bonds is 16. The van der Waals surface area contributed by atoms with Gasteiger partial charge < -0.3 is 43.6 Å². The minimum atomic E-state index is -1.35. The van der Waals surface area contributed by atoms with Crippen LogP contribution in [-0.2, 0) is 34.1 Å². The lowest BCUT2D eigenvalue weighted by atomic mass is 9.80. The van der Waals surface area contributed by atoms with Crippen LogP contribution in [0.1, 0.15) is 44.3 Å². The van der Waals surface area contributed by atoms with Gasteiger partial charge in [0, 0.05) is 6.92 Å². The van der Waals surface area contributed by atoms with Crippen LogP contribution in [0.25, 0.3) is 0 Å². The lowest BCUT2D eigenvalue weighted by Gasteiger charge is -2.45. The molecule has 12 nitrogen and oxygen atoms in total. The highest BCUT2D eigenvalue weighted by atomic mass is 16.7. The fourth-order valence-corrected chi connectivity index (χ4v) is 6.83. The van der Waals surface area contributed by atoms with Crippen LogP contribution < -0.4 is 14.8 Å². The fraction of sp³-hybridized carbons (Fsp3) is 0.267. The maximum absolute atomic E-state index is 13.5. The molecule has 5 aromatic carbocycles. The van der Waals surface area contributed by atoms with E-state index in [0.717, 1.165) is 16.7 Å². The SMILES string of the molecule is COc1ccc(C(OCCOC2OC(CO)C(OC(=O)c3ccccc3)C(OC(=O)c3ccccc3)C2NC(C)=O)(c2ccccc2)c2ccc(OC)cc2)cc1. The summed E-state index contributed by atoms with van der Waals surface area (Å²) in [6.45, 7) is 0.552. The predicted molar refractivity (Wildman–Crippen MR) is 209 cm³/mol. The van der Waals surface area contributed by atoms with E-state index in [9.17, 15) is 19.5 Å². The Kier molecular flexibility index (Phi) is 13.7. The van der Waals surface area contributed by atoms with Gasteiger partial charge in [0.05, 0.1) is 45.2 Å². The van der Waals surface area contributed by atoms with Crippen LogP contribution in [0.2, 0.25) is 0 Å². The first-order chi connectivity index (χ1) is 27.8. The number of hydrogen-bond acceptors (Lipinski definition) is 11. The molecule has 1 saturated heterocycles. The Balaban J connectivity index is 1.31. The van der Waals surface area contributed by atoms with Crippen LogP contribution in [0.3, 0.4) is 0 Å². The van der Waals surface area contributed by atoms with E-state index in [4.69, 9.17) is 33.2 Å².